The normalized spacial score (nSPS) is 11.4. The summed E-state index contributed by atoms with van der Waals surface area (Å²) in [4.78, 5) is 24.0. The maximum Gasteiger partial charge on any atom is 0.240 e. The Bertz CT molecular complexity index is 955. The lowest BCUT2D eigenvalue weighted by atomic mass is 10.0. The molecule has 0 saturated heterocycles. The number of carbonyl (C=O) groups is 2. The van der Waals surface area contributed by atoms with Gasteiger partial charge >= 0.3 is 0 Å². The van der Waals surface area contributed by atoms with E-state index >= 15 is 0 Å². The van der Waals surface area contributed by atoms with Gasteiger partial charge in [-0.3, -0.25) is 9.59 Å². The van der Waals surface area contributed by atoms with Crippen molar-refractivity contribution in [2.45, 2.75) is 86.5 Å². The minimum atomic E-state index is -0.0695. The lowest BCUT2D eigenvalue weighted by Gasteiger charge is -2.07. The Labute approximate surface area is 210 Å². The lowest BCUT2D eigenvalue weighted by Crippen LogP contribution is -2.17. The monoisotopic (exact) mass is 476 g/mol. The number of nitrogens with one attached hydrogen (secondary N) is 2. The molecule has 0 saturated carbocycles. The second-order valence-electron chi connectivity index (χ2n) is 9.48. The first-order valence-electron chi connectivity index (χ1n) is 12.5. The van der Waals surface area contributed by atoms with Crippen molar-refractivity contribution in [2.24, 2.45) is 10.2 Å². The highest BCUT2D eigenvalue weighted by atomic mass is 16.2. The van der Waals surface area contributed by atoms with E-state index in [1.165, 1.54) is 11.1 Å². The van der Waals surface area contributed by atoms with Crippen LogP contribution in [-0.2, 0) is 9.59 Å². The minimum Gasteiger partial charge on any atom is -0.273 e. The van der Waals surface area contributed by atoms with E-state index in [-0.39, 0.29) is 11.8 Å². The number of aryl methyl sites for hydroxylation is 6. The first kappa shape index (κ1) is 28.0. The number of rotatable bonds is 12. The molecule has 0 spiro atoms. The zero-order chi connectivity index (χ0) is 25.8. The van der Waals surface area contributed by atoms with Gasteiger partial charge in [-0.15, -0.1) is 0 Å². The third-order valence-corrected chi connectivity index (χ3v) is 6.05. The van der Waals surface area contributed by atoms with Gasteiger partial charge in [-0.25, -0.2) is 10.9 Å². The van der Waals surface area contributed by atoms with Gasteiger partial charge in [-0.2, -0.15) is 10.2 Å². The molecule has 0 aliphatic heterocycles. The average Bonchev–Trinajstić information content (AvgIpc) is 2.76. The molecule has 2 aromatic carbocycles. The summed E-state index contributed by atoms with van der Waals surface area (Å²) in [6.45, 7) is 12.3. The highest BCUT2D eigenvalue weighted by molar-refractivity contribution is 5.86. The first-order valence-corrected chi connectivity index (χ1v) is 12.5. The zero-order valence-electron chi connectivity index (χ0n) is 22.1. The molecule has 6 heteroatoms. The second-order valence-corrected chi connectivity index (χ2v) is 9.48. The van der Waals surface area contributed by atoms with E-state index in [4.69, 9.17) is 0 Å². The standard InChI is InChI=1S/C29H40N4O2/c1-20-14-22(3)26(23(4)15-20)18-30-32-28(34)12-10-8-7-9-11-13-29(35)33-31-19-27-24(5)16-21(2)17-25(27)6/h14-19H,7-13H2,1-6H3,(H,32,34)(H,33,35). The third-order valence-electron chi connectivity index (χ3n) is 6.05. The van der Waals surface area contributed by atoms with Crippen molar-refractivity contribution in [3.05, 3.63) is 68.8 Å². The first-order chi connectivity index (χ1) is 16.7. The van der Waals surface area contributed by atoms with Gasteiger partial charge in [0.25, 0.3) is 0 Å². The zero-order valence-corrected chi connectivity index (χ0v) is 22.1. The van der Waals surface area contributed by atoms with Gasteiger partial charge in [0.05, 0.1) is 12.4 Å². The van der Waals surface area contributed by atoms with Crippen molar-refractivity contribution < 1.29 is 9.59 Å². The molecule has 2 N–H and O–H groups in total. The molecule has 6 nitrogen and oxygen atoms in total. The SMILES string of the molecule is Cc1cc(C)c(C=NNC(=O)CCCCCCCC(=O)NN=Cc2c(C)cc(C)cc2C)c(C)c1. The minimum absolute atomic E-state index is 0.0695. The fourth-order valence-electron chi connectivity index (χ4n) is 4.34. The molecule has 2 rings (SSSR count). The van der Waals surface area contributed by atoms with Gasteiger partial charge in [-0.1, -0.05) is 54.7 Å². The van der Waals surface area contributed by atoms with E-state index in [0.29, 0.717) is 12.8 Å². The van der Waals surface area contributed by atoms with Gasteiger partial charge < -0.3 is 0 Å². The highest BCUT2D eigenvalue weighted by Gasteiger charge is 2.04. The Hall–Kier alpha value is -3.28. The smallest absolute Gasteiger partial charge is 0.240 e. The van der Waals surface area contributed by atoms with E-state index in [9.17, 15) is 9.59 Å². The van der Waals surface area contributed by atoms with Crippen LogP contribution in [0.1, 0.15) is 89.5 Å². The summed E-state index contributed by atoms with van der Waals surface area (Å²) in [6, 6.07) is 8.44. The molecule has 2 amide bonds. The number of hydrogen-bond acceptors (Lipinski definition) is 4. The summed E-state index contributed by atoms with van der Waals surface area (Å²) in [6.07, 6.45) is 8.90. The van der Waals surface area contributed by atoms with Crippen molar-refractivity contribution in [3.63, 3.8) is 0 Å². The topological polar surface area (TPSA) is 82.9 Å². The summed E-state index contributed by atoms with van der Waals surface area (Å²) in [5, 5.41) is 8.23. The summed E-state index contributed by atoms with van der Waals surface area (Å²) in [7, 11) is 0. The number of nitrogens with zero attached hydrogens (tertiary/aromatic N) is 2. The van der Waals surface area contributed by atoms with Gasteiger partial charge in [0, 0.05) is 24.0 Å². The molecule has 35 heavy (non-hydrogen) atoms. The molecule has 0 atom stereocenters. The molecule has 188 valence electrons. The van der Waals surface area contributed by atoms with Crippen LogP contribution in [0.15, 0.2) is 34.5 Å². The van der Waals surface area contributed by atoms with Crippen molar-refractivity contribution in [2.75, 3.05) is 0 Å². The quantitative estimate of drug-likeness (QED) is 0.228. The Morgan fingerprint density at radius 2 is 0.914 bits per heavy atom. The molecule has 2 aromatic rings. The lowest BCUT2D eigenvalue weighted by molar-refractivity contribution is -0.121. The van der Waals surface area contributed by atoms with E-state index in [2.05, 4.69) is 59.2 Å². The predicted octanol–water partition coefficient (Wildman–Crippen LogP) is 5.87. The van der Waals surface area contributed by atoms with Crippen LogP contribution in [0.5, 0.6) is 0 Å². The van der Waals surface area contributed by atoms with Crippen molar-refractivity contribution in [1.82, 2.24) is 10.9 Å². The molecule has 0 bridgehead atoms. The Morgan fingerprint density at radius 3 is 1.26 bits per heavy atom. The Kier molecular flexibility index (Phi) is 11.3. The van der Waals surface area contributed by atoms with E-state index in [1.54, 1.807) is 12.4 Å². The van der Waals surface area contributed by atoms with Crippen molar-refractivity contribution in [1.29, 1.82) is 0 Å². The Morgan fingerprint density at radius 1 is 0.600 bits per heavy atom. The second kappa shape index (κ2) is 14.2. The summed E-state index contributed by atoms with van der Waals surface area (Å²) >= 11 is 0. The maximum absolute atomic E-state index is 12.0. The molecular formula is C29H40N4O2. The van der Waals surface area contributed by atoms with Crippen molar-refractivity contribution >= 4 is 24.2 Å². The summed E-state index contributed by atoms with van der Waals surface area (Å²) < 4.78 is 0. The molecule has 0 unspecified atom stereocenters. The van der Waals surface area contributed by atoms with Crippen LogP contribution >= 0.6 is 0 Å². The largest absolute Gasteiger partial charge is 0.273 e. The van der Waals surface area contributed by atoms with Crippen LogP contribution in [0.3, 0.4) is 0 Å². The van der Waals surface area contributed by atoms with Crippen LogP contribution in [0.2, 0.25) is 0 Å². The number of unbranched alkanes of at least 4 members (excludes halogenated alkanes) is 4. The molecule has 0 aliphatic rings. The van der Waals surface area contributed by atoms with Gasteiger partial charge in [-0.05, 0) is 76.6 Å². The number of hydrazone groups is 2. The van der Waals surface area contributed by atoms with Crippen LogP contribution in [0.4, 0.5) is 0 Å². The van der Waals surface area contributed by atoms with Crippen LogP contribution in [0.25, 0.3) is 0 Å². The fourth-order valence-corrected chi connectivity index (χ4v) is 4.34. The number of hydrogen-bond donors (Lipinski definition) is 2. The van der Waals surface area contributed by atoms with Crippen molar-refractivity contribution in [3.8, 4) is 0 Å². The number of carbonyl (C=O) groups excluding carboxylic acids is 2. The van der Waals surface area contributed by atoms with Crippen LogP contribution in [-0.4, -0.2) is 24.2 Å². The number of amides is 2. The molecule has 0 aliphatic carbocycles. The van der Waals surface area contributed by atoms with Gasteiger partial charge in [0.15, 0.2) is 0 Å². The molecule has 0 fully saturated rings. The van der Waals surface area contributed by atoms with E-state index < -0.39 is 0 Å². The third kappa shape index (κ3) is 9.85. The van der Waals surface area contributed by atoms with Crippen LogP contribution in [0, 0.1) is 41.5 Å². The van der Waals surface area contributed by atoms with Crippen LogP contribution < -0.4 is 10.9 Å². The molecule has 0 radical (unpaired) electrons. The predicted molar refractivity (Wildman–Crippen MR) is 145 cm³/mol. The molecular weight excluding hydrogens is 436 g/mol. The highest BCUT2D eigenvalue weighted by Crippen LogP contribution is 2.15. The Balaban J connectivity index is 1.56. The number of benzene rings is 2. The summed E-state index contributed by atoms with van der Waals surface area (Å²) in [5.41, 5.74) is 14.4. The van der Waals surface area contributed by atoms with E-state index in [0.717, 1.165) is 65.5 Å². The van der Waals surface area contributed by atoms with Gasteiger partial charge in [0.2, 0.25) is 11.8 Å². The molecule has 0 aromatic heterocycles. The molecule has 0 heterocycles. The summed E-state index contributed by atoms with van der Waals surface area (Å²) in [5.74, 6) is -0.139. The van der Waals surface area contributed by atoms with Gasteiger partial charge in [0.1, 0.15) is 0 Å². The maximum atomic E-state index is 12.0. The van der Waals surface area contributed by atoms with E-state index in [1.807, 2.05) is 27.7 Å². The average molecular weight is 477 g/mol. The fraction of sp³-hybridized carbons (Fsp3) is 0.448.